The van der Waals surface area contributed by atoms with Crippen molar-refractivity contribution in [1.29, 1.82) is 5.26 Å². The van der Waals surface area contributed by atoms with Crippen molar-refractivity contribution in [1.82, 2.24) is 10.6 Å². The lowest BCUT2D eigenvalue weighted by Gasteiger charge is -2.23. The summed E-state index contributed by atoms with van der Waals surface area (Å²) in [7, 11) is 0. The third-order valence-electron chi connectivity index (χ3n) is 3.02. The van der Waals surface area contributed by atoms with Crippen molar-refractivity contribution in [2.75, 3.05) is 13.1 Å². The lowest BCUT2D eigenvalue weighted by molar-refractivity contribution is 0.386. The molecule has 0 bridgehead atoms. The lowest BCUT2D eigenvalue weighted by atomic mass is 10.1. The number of hydrogen-bond acceptors (Lipinski definition) is 3. The van der Waals surface area contributed by atoms with E-state index in [1.807, 2.05) is 24.3 Å². The van der Waals surface area contributed by atoms with E-state index in [4.69, 9.17) is 5.26 Å². The third kappa shape index (κ3) is 3.06. The fraction of sp³-hybridized carbons (Fsp3) is 0.462. The molecule has 0 spiro atoms. The number of nitrogens with zero attached hydrogens (tertiary/aromatic N) is 1. The van der Waals surface area contributed by atoms with Gasteiger partial charge >= 0.3 is 0 Å². The SMILES string of the molecule is N#Cc1ccc(CNC2CCNCC2)cc1. The molecule has 1 heterocycles. The molecule has 1 aromatic carbocycles. The van der Waals surface area contributed by atoms with Crippen LogP contribution in [0, 0.1) is 11.3 Å². The maximum atomic E-state index is 8.69. The third-order valence-corrected chi connectivity index (χ3v) is 3.02. The highest BCUT2D eigenvalue weighted by atomic mass is 15.0. The van der Waals surface area contributed by atoms with E-state index < -0.39 is 0 Å². The first-order chi connectivity index (χ1) is 7.88. The zero-order chi connectivity index (χ0) is 11.2. The van der Waals surface area contributed by atoms with Gasteiger partial charge in [0, 0.05) is 12.6 Å². The summed E-state index contributed by atoms with van der Waals surface area (Å²) in [6.45, 7) is 3.13. The highest BCUT2D eigenvalue weighted by Crippen LogP contribution is 2.06. The van der Waals surface area contributed by atoms with Crippen LogP contribution >= 0.6 is 0 Å². The molecule has 0 aromatic heterocycles. The zero-order valence-corrected chi connectivity index (χ0v) is 9.37. The van der Waals surface area contributed by atoms with Crippen molar-refractivity contribution in [2.24, 2.45) is 0 Å². The number of nitriles is 1. The number of benzene rings is 1. The molecule has 3 nitrogen and oxygen atoms in total. The van der Waals surface area contributed by atoms with Crippen LogP contribution in [0.25, 0.3) is 0 Å². The summed E-state index contributed by atoms with van der Waals surface area (Å²) < 4.78 is 0. The Morgan fingerprint density at radius 1 is 1.25 bits per heavy atom. The first kappa shape index (κ1) is 11.1. The Bertz CT molecular complexity index is 358. The van der Waals surface area contributed by atoms with Crippen LogP contribution in [-0.2, 0) is 6.54 Å². The van der Waals surface area contributed by atoms with E-state index in [9.17, 15) is 0 Å². The van der Waals surface area contributed by atoms with Crippen LogP contribution in [0.5, 0.6) is 0 Å². The van der Waals surface area contributed by atoms with Gasteiger partial charge in [0.25, 0.3) is 0 Å². The van der Waals surface area contributed by atoms with Gasteiger partial charge in [-0.05, 0) is 43.6 Å². The fourth-order valence-electron chi connectivity index (χ4n) is 1.99. The average Bonchev–Trinajstić information content (AvgIpc) is 2.38. The summed E-state index contributed by atoms with van der Waals surface area (Å²) >= 11 is 0. The van der Waals surface area contributed by atoms with Gasteiger partial charge in [-0.15, -0.1) is 0 Å². The number of rotatable bonds is 3. The van der Waals surface area contributed by atoms with E-state index in [0.717, 1.165) is 25.2 Å². The minimum Gasteiger partial charge on any atom is -0.317 e. The Balaban J connectivity index is 1.82. The number of nitrogens with one attached hydrogen (secondary N) is 2. The zero-order valence-electron chi connectivity index (χ0n) is 9.37. The van der Waals surface area contributed by atoms with E-state index in [0.29, 0.717) is 6.04 Å². The Morgan fingerprint density at radius 3 is 2.56 bits per heavy atom. The summed E-state index contributed by atoms with van der Waals surface area (Å²) in [6.07, 6.45) is 2.41. The molecule has 0 aliphatic carbocycles. The second-order valence-corrected chi connectivity index (χ2v) is 4.21. The van der Waals surface area contributed by atoms with Crippen LogP contribution in [0.15, 0.2) is 24.3 Å². The Hall–Kier alpha value is -1.37. The van der Waals surface area contributed by atoms with Crippen LogP contribution in [0.2, 0.25) is 0 Å². The maximum absolute atomic E-state index is 8.69. The fourth-order valence-corrected chi connectivity index (χ4v) is 1.99. The molecular weight excluding hydrogens is 198 g/mol. The van der Waals surface area contributed by atoms with E-state index in [1.54, 1.807) is 0 Å². The largest absolute Gasteiger partial charge is 0.317 e. The standard InChI is InChI=1S/C13H17N3/c14-9-11-1-3-12(4-2-11)10-16-13-5-7-15-8-6-13/h1-4,13,15-16H,5-8,10H2. The molecular formula is C13H17N3. The van der Waals surface area contributed by atoms with Crippen molar-refractivity contribution < 1.29 is 0 Å². The Labute approximate surface area is 96.5 Å². The van der Waals surface area contributed by atoms with E-state index in [2.05, 4.69) is 16.7 Å². The highest BCUT2D eigenvalue weighted by Gasteiger charge is 2.11. The second-order valence-electron chi connectivity index (χ2n) is 4.21. The van der Waals surface area contributed by atoms with Gasteiger partial charge in [-0.2, -0.15) is 5.26 Å². The van der Waals surface area contributed by atoms with Gasteiger partial charge in [0.05, 0.1) is 11.6 Å². The predicted molar refractivity (Wildman–Crippen MR) is 63.9 cm³/mol. The Morgan fingerprint density at radius 2 is 1.94 bits per heavy atom. The second kappa shape index (κ2) is 5.64. The maximum Gasteiger partial charge on any atom is 0.0991 e. The lowest BCUT2D eigenvalue weighted by Crippen LogP contribution is -2.39. The molecule has 0 radical (unpaired) electrons. The molecule has 1 aliphatic rings. The summed E-state index contributed by atoms with van der Waals surface area (Å²) in [5, 5.41) is 15.6. The van der Waals surface area contributed by atoms with Gasteiger partial charge in [-0.3, -0.25) is 0 Å². The van der Waals surface area contributed by atoms with Crippen LogP contribution < -0.4 is 10.6 Å². The molecule has 1 fully saturated rings. The molecule has 2 N–H and O–H groups in total. The molecule has 84 valence electrons. The molecule has 0 unspecified atom stereocenters. The molecule has 0 saturated carbocycles. The molecule has 2 rings (SSSR count). The normalized spacial score (nSPS) is 16.9. The van der Waals surface area contributed by atoms with Crippen molar-refractivity contribution in [3.63, 3.8) is 0 Å². The number of piperidine rings is 1. The molecule has 16 heavy (non-hydrogen) atoms. The van der Waals surface area contributed by atoms with Crippen molar-refractivity contribution in [2.45, 2.75) is 25.4 Å². The topological polar surface area (TPSA) is 47.9 Å². The van der Waals surface area contributed by atoms with Crippen molar-refractivity contribution in [3.05, 3.63) is 35.4 Å². The average molecular weight is 215 g/mol. The van der Waals surface area contributed by atoms with E-state index >= 15 is 0 Å². The van der Waals surface area contributed by atoms with Gasteiger partial charge in [-0.25, -0.2) is 0 Å². The molecule has 3 heteroatoms. The van der Waals surface area contributed by atoms with Crippen LogP contribution in [-0.4, -0.2) is 19.1 Å². The van der Waals surface area contributed by atoms with E-state index in [-0.39, 0.29) is 0 Å². The van der Waals surface area contributed by atoms with Crippen molar-refractivity contribution in [3.8, 4) is 6.07 Å². The molecule has 0 atom stereocenters. The Kier molecular flexibility index (Phi) is 3.92. The van der Waals surface area contributed by atoms with Gasteiger partial charge in [0.15, 0.2) is 0 Å². The summed E-state index contributed by atoms with van der Waals surface area (Å²) in [5.41, 5.74) is 1.98. The van der Waals surface area contributed by atoms with E-state index in [1.165, 1.54) is 18.4 Å². The van der Waals surface area contributed by atoms with Crippen LogP contribution in [0.3, 0.4) is 0 Å². The molecule has 1 saturated heterocycles. The smallest absolute Gasteiger partial charge is 0.0991 e. The van der Waals surface area contributed by atoms with Crippen LogP contribution in [0.4, 0.5) is 0 Å². The number of hydrogen-bond donors (Lipinski definition) is 2. The van der Waals surface area contributed by atoms with Gasteiger partial charge in [0.1, 0.15) is 0 Å². The van der Waals surface area contributed by atoms with Gasteiger partial charge < -0.3 is 10.6 Å². The minimum atomic E-state index is 0.636. The molecule has 1 aliphatic heterocycles. The molecule has 1 aromatic rings. The molecule has 0 amide bonds. The van der Waals surface area contributed by atoms with Crippen LogP contribution in [0.1, 0.15) is 24.0 Å². The first-order valence-corrected chi connectivity index (χ1v) is 5.81. The first-order valence-electron chi connectivity index (χ1n) is 5.81. The summed E-state index contributed by atoms with van der Waals surface area (Å²) in [6, 6.07) is 10.6. The predicted octanol–water partition coefficient (Wildman–Crippen LogP) is 1.40. The van der Waals surface area contributed by atoms with Gasteiger partial charge in [0.2, 0.25) is 0 Å². The monoisotopic (exact) mass is 215 g/mol. The van der Waals surface area contributed by atoms with Gasteiger partial charge in [-0.1, -0.05) is 12.1 Å². The van der Waals surface area contributed by atoms with Crippen molar-refractivity contribution >= 4 is 0 Å². The summed E-state index contributed by atoms with van der Waals surface area (Å²) in [4.78, 5) is 0. The highest BCUT2D eigenvalue weighted by molar-refractivity contribution is 5.31. The quantitative estimate of drug-likeness (QED) is 0.801. The minimum absolute atomic E-state index is 0.636. The summed E-state index contributed by atoms with van der Waals surface area (Å²) in [5.74, 6) is 0.